The maximum absolute atomic E-state index is 14.0. The number of nitrogens with zero attached hydrogens (tertiary/aromatic N) is 3. The predicted molar refractivity (Wildman–Crippen MR) is 144 cm³/mol. The van der Waals surface area contributed by atoms with Crippen LogP contribution >= 0.6 is 11.3 Å². The Kier molecular flexibility index (Phi) is 5.34. The second-order valence-electron chi connectivity index (χ2n) is 8.71. The first kappa shape index (κ1) is 22.1. The number of anilines is 1. The molecule has 0 aliphatic heterocycles. The number of hydrogen-bond donors (Lipinski definition) is 0. The third kappa shape index (κ3) is 3.74. The monoisotopic (exact) mass is 491 g/mol. The number of carbonyl (C=O) groups is 1. The van der Waals surface area contributed by atoms with Gasteiger partial charge in [0.05, 0.1) is 22.5 Å². The standard InChI is InChI=1S/C29H21N3O3S/c1-17-10-13-25-26(18(17)2)31-29(36-25)32(16-20-8-5-6-14-30-20)27(33)23-15-22-21-9-4-3-7-19(21)11-12-24(22)35-28(23)34/h3-15H,16H2,1-2H3. The molecular weight excluding hydrogens is 470 g/mol. The number of aryl methyl sites for hydroxylation is 2. The summed E-state index contributed by atoms with van der Waals surface area (Å²) in [5.74, 6) is -0.474. The molecule has 0 aliphatic rings. The number of aromatic nitrogens is 2. The Morgan fingerprint density at radius 2 is 1.81 bits per heavy atom. The summed E-state index contributed by atoms with van der Waals surface area (Å²) in [6.45, 7) is 4.23. The number of carbonyl (C=O) groups excluding carboxylic acids is 1. The highest BCUT2D eigenvalue weighted by atomic mass is 32.1. The molecular formula is C29H21N3O3S. The molecule has 7 heteroatoms. The number of benzene rings is 3. The van der Waals surface area contributed by atoms with Crippen molar-refractivity contribution in [2.45, 2.75) is 20.4 Å². The third-order valence-corrected chi connectivity index (χ3v) is 7.51. The molecule has 0 N–H and O–H groups in total. The van der Waals surface area contributed by atoms with Gasteiger partial charge in [-0.05, 0) is 66.1 Å². The molecule has 0 aliphatic carbocycles. The summed E-state index contributed by atoms with van der Waals surface area (Å²) >= 11 is 1.42. The Balaban J connectivity index is 1.53. The molecule has 176 valence electrons. The first-order chi connectivity index (χ1) is 17.5. The highest BCUT2D eigenvalue weighted by Gasteiger charge is 2.26. The summed E-state index contributed by atoms with van der Waals surface area (Å²) in [4.78, 5) is 37.7. The Morgan fingerprint density at radius 3 is 2.64 bits per heavy atom. The lowest BCUT2D eigenvalue weighted by Crippen LogP contribution is -2.34. The molecule has 3 heterocycles. The average Bonchev–Trinajstić information content (AvgIpc) is 3.34. The highest BCUT2D eigenvalue weighted by molar-refractivity contribution is 7.22. The lowest BCUT2D eigenvalue weighted by molar-refractivity contribution is 0.0981. The molecule has 6 aromatic rings. The van der Waals surface area contributed by atoms with Gasteiger partial charge in [-0.15, -0.1) is 0 Å². The van der Waals surface area contributed by atoms with Crippen molar-refractivity contribution < 1.29 is 9.21 Å². The topological polar surface area (TPSA) is 76.3 Å². The molecule has 0 radical (unpaired) electrons. The van der Waals surface area contributed by atoms with E-state index in [0.717, 1.165) is 32.1 Å². The number of rotatable bonds is 4. The van der Waals surface area contributed by atoms with Gasteiger partial charge in [0.15, 0.2) is 5.13 Å². The van der Waals surface area contributed by atoms with E-state index in [1.54, 1.807) is 18.3 Å². The van der Waals surface area contributed by atoms with E-state index in [1.807, 2.05) is 74.5 Å². The first-order valence-electron chi connectivity index (χ1n) is 11.5. The van der Waals surface area contributed by atoms with Crippen molar-refractivity contribution in [2.24, 2.45) is 0 Å². The fraction of sp³-hybridized carbons (Fsp3) is 0.103. The SMILES string of the molecule is Cc1ccc2sc(N(Cc3ccccn3)C(=O)c3cc4c(ccc5ccccc54)oc3=O)nc2c1C. The summed E-state index contributed by atoms with van der Waals surface area (Å²) in [7, 11) is 0. The van der Waals surface area contributed by atoms with Gasteiger partial charge in [-0.25, -0.2) is 9.78 Å². The van der Waals surface area contributed by atoms with E-state index in [1.165, 1.54) is 16.2 Å². The largest absolute Gasteiger partial charge is 0.422 e. The minimum Gasteiger partial charge on any atom is -0.422 e. The zero-order valence-corrected chi connectivity index (χ0v) is 20.5. The van der Waals surface area contributed by atoms with Crippen molar-refractivity contribution in [3.63, 3.8) is 0 Å². The molecule has 6 nitrogen and oxygen atoms in total. The Labute approximate surface area is 210 Å². The van der Waals surface area contributed by atoms with Crippen molar-refractivity contribution in [1.82, 2.24) is 9.97 Å². The maximum Gasteiger partial charge on any atom is 0.349 e. The average molecular weight is 492 g/mol. The van der Waals surface area contributed by atoms with E-state index in [-0.39, 0.29) is 12.1 Å². The van der Waals surface area contributed by atoms with Gasteiger partial charge >= 0.3 is 5.63 Å². The summed E-state index contributed by atoms with van der Waals surface area (Å²) in [5, 5.41) is 3.13. The van der Waals surface area contributed by atoms with Crippen LogP contribution in [-0.2, 0) is 6.54 Å². The van der Waals surface area contributed by atoms with Crippen LogP contribution < -0.4 is 10.5 Å². The molecule has 0 saturated carbocycles. The van der Waals surface area contributed by atoms with Gasteiger partial charge < -0.3 is 4.42 Å². The van der Waals surface area contributed by atoms with Gasteiger partial charge in [-0.2, -0.15) is 0 Å². The zero-order valence-electron chi connectivity index (χ0n) is 19.7. The van der Waals surface area contributed by atoms with Crippen LogP contribution in [0.4, 0.5) is 5.13 Å². The van der Waals surface area contributed by atoms with Crippen molar-refractivity contribution in [3.05, 3.63) is 112 Å². The fourth-order valence-corrected chi connectivity index (χ4v) is 5.40. The molecule has 3 aromatic heterocycles. The normalized spacial score (nSPS) is 11.4. The van der Waals surface area contributed by atoms with Gasteiger partial charge in [0.25, 0.3) is 5.91 Å². The molecule has 36 heavy (non-hydrogen) atoms. The minimum atomic E-state index is -0.679. The molecule has 0 saturated heterocycles. The van der Waals surface area contributed by atoms with Crippen LogP contribution in [-0.4, -0.2) is 15.9 Å². The van der Waals surface area contributed by atoms with Crippen LogP contribution in [0.5, 0.6) is 0 Å². The smallest absolute Gasteiger partial charge is 0.349 e. The summed E-state index contributed by atoms with van der Waals surface area (Å²) < 4.78 is 6.59. The molecule has 6 rings (SSSR count). The molecule has 1 amide bonds. The lowest BCUT2D eigenvalue weighted by Gasteiger charge is -2.19. The quantitative estimate of drug-likeness (QED) is 0.210. The third-order valence-electron chi connectivity index (χ3n) is 6.47. The molecule has 0 unspecified atom stereocenters. The fourth-order valence-electron chi connectivity index (χ4n) is 4.38. The van der Waals surface area contributed by atoms with Crippen LogP contribution in [0.15, 0.2) is 88.2 Å². The molecule has 3 aromatic carbocycles. The maximum atomic E-state index is 14.0. The zero-order chi connectivity index (χ0) is 24.8. The summed E-state index contributed by atoms with van der Waals surface area (Å²) in [6.07, 6.45) is 1.68. The second kappa shape index (κ2) is 8.70. The van der Waals surface area contributed by atoms with Crippen LogP contribution in [0.3, 0.4) is 0 Å². The van der Waals surface area contributed by atoms with Gasteiger partial charge in [0.1, 0.15) is 11.1 Å². The highest BCUT2D eigenvalue weighted by Crippen LogP contribution is 2.33. The van der Waals surface area contributed by atoms with Crippen LogP contribution in [0.2, 0.25) is 0 Å². The van der Waals surface area contributed by atoms with Crippen molar-refractivity contribution in [1.29, 1.82) is 0 Å². The van der Waals surface area contributed by atoms with Crippen molar-refractivity contribution >= 4 is 54.3 Å². The first-order valence-corrected chi connectivity index (χ1v) is 12.4. The number of thiazole rings is 1. The van der Waals surface area contributed by atoms with E-state index in [9.17, 15) is 9.59 Å². The van der Waals surface area contributed by atoms with E-state index in [4.69, 9.17) is 9.40 Å². The summed E-state index contributed by atoms with van der Waals surface area (Å²) in [5.41, 5.74) is 3.46. The van der Waals surface area contributed by atoms with E-state index in [2.05, 4.69) is 4.98 Å². The van der Waals surface area contributed by atoms with Crippen molar-refractivity contribution in [3.8, 4) is 0 Å². The molecule has 0 atom stereocenters. The minimum absolute atomic E-state index is 0.0399. The van der Waals surface area contributed by atoms with Gasteiger partial charge in [0, 0.05) is 11.6 Å². The van der Waals surface area contributed by atoms with Crippen molar-refractivity contribution in [2.75, 3.05) is 4.90 Å². The number of pyridine rings is 1. The Bertz CT molecular complexity index is 1840. The van der Waals surface area contributed by atoms with Gasteiger partial charge in [-0.1, -0.05) is 53.8 Å². The van der Waals surface area contributed by atoms with Crippen LogP contribution in [0.1, 0.15) is 27.2 Å². The predicted octanol–water partition coefficient (Wildman–Crippen LogP) is 6.41. The molecule has 0 fully saturated rings. The van der Waals surface area contributed by atoms with Crippen LogP contribution in [0, 0.1) is 13.8 Å². The van der Waals surface area contributed by atoms with Crippen LogP contribution in [0.25, 0.3) is 32.0 Å². The lowest BCUT2D eigenvalue weighted by atomic mass is 10.0. The molecule has 0 spiro atoms. The Hall–Kier alpha value is -4.36. The number of hydrogen-bond acceptors (Lipinski definition) is 6. The second-order valence-corrected chi connectivity index (χ2v) is 9.72. The molecule has 0 bridgehead atoms. The number of fused-ring (bicyclic) bond motifs is 4. The van der Waals surface area contributed by atoms with Gasteiger partial charge in [0.2, 0.25) is 0 Å². The van der Waals surface area contributed by atoms with E-state index >= 15 is 0 Å². The summed E-state index contributed by atoms with van der Waals surface area (Å²) in [6, 6.07) is 22.7. The van der Waals surface area contributed by atoms with Gasteiger partial charge in [-0.3, -0.25) is 14.7 Å². The Morgan fingerprint density at radius 1 is 0.972 bits per heavy atom. The van der Waals surface area contributed by atoms with E-state index in [0.29, 0.717) is 21.8 Å². The van der Waals surface area contributed by atoms with E-state index < -0.39 is 11.5 Å². The number of amides is 1.